The van der Waals surface area contributed by atoms with Crippen molar-refractivity contribution < 1.29 is 19.4 Å². The molecule has 0 saturated heterocycles. The molecule has 0 bridgehead atoms. The van der Waals surface area contributed by atoms with Gasteiger partial charge in [-0.25, -0.2) is 0 Å². The Balaban J connectivity index is 3.54. The standard InChI is InChI=1S/C8H16N2O4/c1-10(2)5-7(11)14-4-3-6(9)8(12)13/h6H,3-5,9H2,1-2H3,(H,12,13)/t6-/m1/s1. The van der Waals surface area contributed by atoms with Gasteiger partial charge >= 0.3 is 11.9 Å². The number of esters is 1. The summed E-state index contributed by atoms with van der Waals surface area (Å²) in [6.07, 6.45) is 0.133. The van der Waals surface area contributed by atoms with Crippen molar-refractivity contribution in [2.75, 3.05) is 27.2 Å². The number of aliphatic carboxylic acids is 1. The molecule has 0 aliphatic rings. The molecule has 1 atom stereocenters. The van der Waals surface area contributed by atoms with E-state index in [-0.39, 0.29) is 25.5 Å². The van der Waals surface area contributed by atoms with Crippen LogP contribution in [0.3, 0.4) is 0 Å². The first kappa shape index (κ1) is 12.9. The molecular weight excluding hydrogens is 188 g/mol. The van der Waals surface area contributed by atoms with Crippen LogP contribution in [0.2, 0.25) is 0 Å². The molecule has 0 rings (SSSR count). The van der Waals surface area contributed by atoms with Crippen LogP contribution >= 0.6 is 0 Å². The Morgan fingerprint density at radius 3 is 2.50 bits per heavy atom. The summed E-state index contributed by atoms with van der Waals surface area (Å²) in [5.74, 6) is -1.47. The fourth-order valence-corrected chi connectivity index (χ4v) is 0.727. The molecule has 0 radical (unpaired) electrons. The molecule has 0 aliphatic carbocycles. The van der Waals surface area contributed by atoms with Crippen molar-refractivity contribution in [3.05, 3.63) is 0 Å². The number of hydrogen-bond acceptors (Lipinski definition) is 5. The van der Waals surface area contributed by atoms with Crippen LogP contribution in [-0.4, -0.2) is 55.2 Å². The molecule has 0 spiro atoms. The van der Waals surface area contributed by atoms with Gasteiger partial charge in [0, 0.05) is 6.42 Å². The average Bonchev–Trinajstić information content (AvgIpc) is 2.02. The minimum absolute atomic E-state index is 0.0418. The molecule has 14 heavy (non-hydrogen) atoms. The molecule has 0 aromatic rings. The Bertz CT molecular complexity index is 206. The first-order valence-corrected chi connectivity index (χ1v) is 4.22. The monoisotopic (exact) mass is 204 g/mol. The topological polar surface area (TPSA) is 92.9 Å². The lowest BCUT2D eigenvalue weighted by molar-refractivity contribution is -0.146. The summed E-state index contributed by atoms with van der Waals surface area (Å²) < 4.78 is 4.75. The maximum absolute atomic E-state index is 11.0. The number of likely N-dealkylation sites (N-methyl/N-ethyl adjacent to an activating group) is 1. The molecule has 0 aromatic heterocycles. The third-order valence-electron chi connectivity index (χ3n) is 1.45. The summed E-state index contributed by atoms with van der Waals surface area (Å²) in [6.45, 7) is 0.225. The number of rotatable bonds is 6. The van der Waals surface area contributed by atoms with Crippen LogP contribution in [0.25, 0.3) is 0 Å². The highest BCUT2D eigenvalue weighted by Gasteiger charge is 2.12. The molecule has 0 amide bonds. The predicted octanol–water partition coefficient (Wildman–Crippen LogP) is -1.11. The van der Waals surface area contributed by atoms with Crippen LogP contribution in [0.5, 0.6) is 0 Å². The van der Waals surface area contributed by atoms with Gasteiger partial charge in [0.15, 0.2) is 0 Å². The first-order valence-electron chi connectivity index (χ1n) is 4.22. The molecule has 0 heterocycles. The fraction of sp³-hybridized carbons (Fsp3) is 0.750. The maximum Gasteiger partial charge on any atom is 0.320 e. The van der Waals surface area contributed by atoms with Gasteiger partial charge in [-0.3, -0.25) is 14.5 Å². The number of nitrogens with zero attached hydrogens (tertiary/aromatic N) is 1. The molecule has 6 heteroatoms. The van der Waals surface area contributed by atoms with Crippen LogP contribution in [0.15, 0.2) is 0 Å². The summed E-state index contributed by atoms with van der Waals surface area (Å²) in [6, 6.07) is -0.970. The van der Waals surface area contributed by atoms with Crippen LogP contribution < -0.4 is 5.73 Å². The van der Waals surface area contributed by atoms with Gasteiger partial charge in [0.25, 0.3) is 0 Å². The number of ether oxygens (including phenoxy) is 1. The largest absolute Gasteiger partial charge is 0.480 e. The molecule has 0 unspecified atom stereocenters. The summed E-state index contributed by atoms with van der Waals surface area (Å²) in [4.78, 5) is 22.9. The second-order valence-corrected chi connectivity index (χ2v) is 3.19. The predicted molar refractivity (Wildman–Crippen MR) is 49.7 cm³/mol. The highest BCUT2D eigenvalue weighted by molar-refractivity contribution is 5.73. The van der Waals surface area contributed by atoms with Crippen molar-refractivity contribution in [1.29, 1.82) is 0 Å². The lowest BCUT2D eigenvalue weighted by Gasteiger charge is -2.10. The Labute approximate surface area is 82.6 Å². The van der Waals surface area contributed by atoms with E-state index in [0.717, 1.165) is 0 Å². The van der Waals surface area contributed by atoms with Crippen molar-refractivity contribution in [2.45, 2.75) is 12.5 Å². The molecule has 6 nitrogen and oxygen atoms in total. The van der Waals surface area contributed by atoms with E-state index in [2.05, 4.69) is 0 Å². The molecule has 82 valence electrons. The summed E-state index contributed by atoms with van der Waals surface area (Å²) >= 11 is 0. The van der Waals surface area contributed by atoms with E-state index < -0.39 is 12.0 Å². The van der Waals surface area contributed by atoms with E-state index in [0.29, 0.717) is 0 Å². The van der Waals surface area contributed by atoms with Gasteiger partial charge in [0.05, 0.1) is 13.2 Å². The zero-order chi connectivity index (χ0) is 11.1. The van der Waals surface area contributed by atoms with E-state index in [1.54, 1.807) is 19.0 Å². The lowest BCUT2D eigenvalue weighted by Crippen LogP contribution is -2.32. The molecule has 0 fully saturated rings. The third kappa shape index (κ3) is 6.38. The average molecular weight is 204 g/mol. The van der Waals surface area contributed by atoms with Gasteiger partial charge in [0.2, 0.25) is 0 Å². The fourth-order valence-electron chi connectivity index (χ4n) is 0.727. The second kappa shape index (κ2) is 6.33. The highest BCUT2D eigenvalue weighted by Crippen LogP contribution is 1.91. The van der Waals surface area contributed by atoms with E-state index in [4.69, 9.17) is 15.6 Å². The number of carbonyl (C=O) groups excluding carboxylic acids is 1. The van der Waals surface area contributed by atoms with Crippen LogP contribution in [0.1, 0.15) is 6.42 Å². The van der Waals surface area contributed by atoms with E-state index >= 15 is 0 Å². The van der Waals surface area contributed by atoms with Gasteiger partial charge in [-0.2, -0.15) is 0 Å². The van der Waals surface area contributed by atoms with Crippen molar-refractivity contribution in [1.82, 2.24) is 4.90 Å². The smallest absolute Gasteiger partial charge is 0.320 e. The number of hydrogen-bond donors (Lipinski definition) is 2. The van der Waals surface area contributed by atoms with Gasteiger partial charge < -0.3 is 15.6 Å². The quantitative estimate of drug-likeness (QED) is 0.533. The Morgan fingerprint density at radius 2 is 2.07 bits per heavy atom. The van der Waals surface area contributed by atoms with Gasteiger partial charge in [0.1, 0.15) is 6.04 Å². The molecule has 0 aromatic carbocycles. The van der Waals surface area contributed by atoms with Crippen molar-refractivity contribution in [2.24, 2.45) is 5.73 Å². The van der Waals surface area contributed by atoms with Gasteiger partial charge in [-0.05, 0) is 14.1 Å². The molecule has 0 saturated carbocycles. The van der Waals surface area contributed by atoms with E-state index in [1.165, 1.54) is 0 Å². The van der Waals surface area contributed by atoms with E-state index in [9.17, 15) is 9.59 Å². The maximum atomic E-state index is 11.0. The second-order valence-electron chi connectivity index (χ2n) is 3.19. The Hall–Kier alpha value is -1.14. The summed E-state index contributed by atoms with van der Waals surface area (Å²) in [5, 5.41) is 8.42. The number of carbonyl (C=O) groups is 2. The highest BCUT2D eigenvalue weighted by atomic mass is 16.5. The van der Waals surface area contributed by atoms with Crippen LogP contribution in [0, 0.1) is 0 Å². The lowest BCUT2D eigenvalue weighted by atomic mass is 10.2. The third-order valence-corrected chi connectivity index (χ3v) is 1.45. The molecule has 0 aliphatic heterocycles. The molecular formula is C8H16N2O4. The van der Waals surface area contributed by atoms with Crippen molar-refractivity contribution in [3.63, 3.8) is 0 Å². The number of nitrogens with two attached hydrogens (primary N) is 1. The number of carboxylic acid groups (broad SMARTS) is 1. The Kier molecular flexibility index (Phi) is 5.82. The Morgan fingerprint density at radius 1 is 1.50 bits per heavy atom. The summed E-state index contributed by atoms with van der Waals surface area (Å²) in [7, 11) is 3.48. The van der Waals surface area contributed by atoms with Crippen LogP contribution in [0.4, 0.5) is 0 Å². The number of carboxylic acids is 1. The van der Waals surface area contributed by atoms with Crippen molar-refractivity contribution in [3.8, 4) is 0 Å². The van der Waals surface area contributed by atoms with Crippen molar-refractivity contribution >= 4 is 11.9 Å². The summed E-state index contributed by atoms with van der Waals surface area (Å²) in [5.41, 5.74) is 5.20. The van der Waals surface area contributed by atoms with Crippen LogP contribution in [-0.2, 0) is 14.3 Å². The van der Waals surface area contributed by atoms with Gasteiger partial charge in [-0.15, -0.1) is 0 Å². The normalized spacial score (nSPS) is 12.6. The SMILES string of the molecule is CN(C)CC(=O)OCC[C@@H](N)C(=O)O. The van der Waals surface area contributed by atoms with Gasteiger partial charge in [-0.1, -0.05) is 0 Å². The first-order chi connectivity index (χ1) is 6.43. The molecule has 3 N–H and O–H groups in total. The minimum atomic E-state index is -1.09. The zero-order valence-electron chi connectivity index (χ0n) is 8.40. The van der Waals surface area contributed by atoms with E-state index in [1.807, 2.05) is 0 Å². The minimum Gasteiger partial charge on any atom is -0.480 e. The zero-order valence-corrected chi connectivity index (χ0v) is 8.40.